The monoisotopic (exact) mass is 280 g/mol. The van der Waals surface area contributed by atoms with Crippen LogP contribution in [0.15, 0.2) is 18.2 Å². The summed E-state index contributed by atoms with van der Waals surface area (Å²) in [5.41, 5.74) is 0.871. The first-order chi connectivity index (χ1) is 9.06. The summed E-state index contributed by atoms with van der Waals surface area (Å²) in [4.78, 5) is 13.3. The largest absolute Gasteiger partial charge is 0.493 e. The van der Waals surface area contributed by atoms with E-state index in [2.05, 4.69) is 5.32 Å². The zero-order valence-corrected chi connectivity index (χ0v) is 11.9. The summed E-state index contributed by atoms with van der Waals surface area (Å²) in [5.74, 6) is 1.24. The first-order valence-corrected chi connectivity index (χ1v) is 6.32. The first-order valence-electron chi connectivity index (χ1n) is 5.92. The molecule has 0 saturated carbocycles. The van der Waals surface area contributed by atoms with Crippen molar-refractivity contribution < 1.29 is 14.3 Å². The lowest BCUT2D eigenvalue weighted by Gasteiger charge is -2.35. The standard InChI is InChI=1S/C13H16N2O3S/c1-8-6-12(16)14-13(19)15(8)9-4-5-10(17-2)11(7-9)18-3/h4-5,7-8H,6H2,1-3H3,(H,14,16,19). The molecule has 1 saturated heterocycles. The smallest absolute Gasteiger partial charge is 0.228 e. The van der Waals surface area contributed by atoms with Crippen molar-refractivity contribution in [2.24, 2.45) is 0 Å². The fraction of sp³-hybridized carbons (Fsp3) is 0.385. The van der Waals surface area contributed by atoms with Crippen LogP contribution >= 0.6 is 12.2 Å². The van der Waals surface area contributed by atoms with Crippen LogP contribution < -0.4 is 19.7 Å². The minimum absolute atomic E-state index is 0.0133. The van der Waals surface area contributed by atoms with Gasteiger partial charge in [0.05, 0.1) is 14.2 Å². The van der Waals surface area contributed by atoms with Crippen LogP contribution in [0, 0.1) is 0 Å². The Morgan fingerprint density at radius 3 is 2.58 bits per heavy atom. The Kier molecular flexibility index (Phi) is 3.90. The maximum Gasteiger partial charge on any atom is 0.228 e. The van der Waals surface area contributed by atoms with Gasteiger partial charge in [0.1, 0.15) is 0 Å². The third-order valence-corrected chi connectivity index (χ3v) is 3.33. The highest BCUT2D eigenvalue weighted by molar-refractivity contribution is 7.80. The van der Waals surface area contributed by atoms with Crippen molar-refractivity contribution >= 4 is 28.9 Å². The number of carbonyl (C=O) groups is 1. The molecule has 1 amide bonds. The fourth-order valence-electron chi connectivity index (χ4n) is 2.14. The van der Waals surface area contributed by atoms with Gasteiger partial charge in [-0.2, -0.15) is 0 Å². The second kappa shape index (κ2) is 5.44. The summed E-state index contributed by atoms with van der Waals surface area (Å²) < 4.78 is 10.5. The predicted molar refractivity (Wildman–Crippen MR) is 76.8 cm³/mol. The number of hydrogen-bond acceptors (Lipinski definition) is 4. The third-order valence-electron chi connectivity index (χ3n) is 3.03. The van der Waals surface area contributed by atoms with E-state index >= 15 is 0 Å². The SMILES string of the molecule is COc1ccc(N2C(=S)NC(=O)CC2C)cc1OC. The number of rotatable bonds is 3. The van der Waals surface area contributed by atoms with Gasteiger partial charge in [0.2, 0.25) is 5.91 Å². The minimum atomic E-state index is -0.0470. The number of ether oxygens (including phenoxy) is 2. The summed E-state index contributed by atoms with van der Waals surface area (Å²) >= 11 is 5.23. The van der Waals surface area contributed by atoms with Crippen molar-refractivity contribution in [3.63, 3.8) is 0 Å². The molecule has 1 atom stereocenters. The molecule has 0 bridgehead atoms. The zero-order chi connectivity index (χ0) is 14.0. The Balaban J connectivity index is 2.35. The number of nitrogens with one attached hydrogen (secondary N) is 1. The number of hydrogen-bond donors (Lipinski definition) is 1. The Labute approximate surface area is 117 Å². The first kappa shape index (κ1) is 13.6. The van der Waals surface area contributed by atoms with E-state index in [1.807, 2.05) is 30.0 Å². The average molecular weight is 280 g/mol. The molecule has 1 aromatic carbocycles. The molecule has 1 aliphatic heterocycles. The number of nitrogens with zero attached hydrogens (tertiary/aromatic N) is 1. The highest BCUT2D eigenvalue weighted by Gasteiger charge is 2.28. The molecule has 1 heterocycles. The number of amides is 1. The van der Waals surface area contributed by atoms with E-state index in [0.717, 1.165) is 5.69 Å². The normalized spacial score (nSPS) is 19.1. The van der Waals surface area contributed by atoms with Crippen molar-refractivity contribution in [1.82, 2.24) is 5.32 Å². The van der Waals surface area contributed by atoms with Crippen molar-refractivity contribution in [3.05, 3.63) is 18.2 Å². The molecule has 6 heteroatoms. The van der Waals surface area contributed by atoms with Gasteiger partial charge in [-0.15, -0.1) is 0 Å². The molecule has 1 aromatic rings. The molecule has 102 valence electrons. The molecule has 0 aromatic heterocycles. The summed E-state index contributed by atoms with van der Waals surface area (Å²) in [5, 5.41) is 3.08. The maximum atomic E-state index is 11.4. The highest BCUT2D eigenvalue weighted by Crippen LogP contribution is 2.33. The van der Waals surface area contributed by atoms with Gasteiger partial charge in [0.25, 0.3) is 0 Å². The number of benzene rings is 1. The Morgan fingerprint density at radius 2 is 2.00 bits per heavy atom. The lowest BCUT2D eigenvalue weighted by atomic mass is 10.1. The molecule has 0 radical (unpaired) electrons. The molecular weight excluding hydrogens is 264 g/mol. The van der Waals surface area contributed by atoms with Crippen molar-refractivity contribution in [2.45, 2.75) is 19.4 Å². The molecule has 1 fully saturated rings. The van der Waals surface area contributed by atoms with Crippen LogP contribution in [-0.4, -0.2) is 31.3 Å². The molecule has 1 aliphatic rings. The fourth-order valence-corrected chi connectivity index (χ4v) is 2.54. The quantitative estimate of drug-likeness (QED) is 0.854. The van der Waals surface area contributed by atoms with Gasteiger partial charge >= 0.3 is 0 Å². The van der Waals surface area contributed by atoms with Crippen molar-refractivity contribution in [2.75, 3.05) is 19.1 Å². The predicted octanol–water partition coefficient (Wildman–Crippen LogP) is 1.70. The van der Waals surface area contributed by atoms with Gasteiger partial charge in [-0.05, 0) is 31.3 Å². The molecule has 0 spiro atoms. The zero-order valence-electron chi connectivity index (χ0n) is 11.1. The van der Waals surface area contributed by atoms with Gasteiger partial charge in [-0.3, -0.25) is 4.79 Å². The Bertz CT molecular complexity index is 519. The van der Waals surface area contributed by atoms with Crippen LogP contribution in [0.4, 0.5) is 5.69 Å². The van der Waals surface area contributed by atoms with E-state index in [1.165, 1.54) is 0 Å². The molecular formula is C13H16N2O3S. The second-order valence-electron chi connectivity index (χ2n) is 4.32. The summed E-state index contributed by atoms with van der Waals surface area (Å²) in [6.07, 6.45) is 0.411. The van der Waals surface area contributed by atoms with E-state index in [1.54, 1.807) is 14.2 Å². The molecule has 2 rings (SSSR count). The van der Waals surface area contributed by atoms with Crippen molar-refractivity contribution in [1.29, 1.82) is 0 Å². The van der Waals surface area contributed by atoms with Gasteiger partial charge in [-0.1, -0.05) is 0 Å². The topological polar surface area (TPSA) is 50.8 Å². The second-order valence-corrected chi connectivity index (χ2v) is 4.70. The van der Waals surface area contributed by atoms with Crippen molar-refractivity contribution in [3.8, 4) is 11.5 Å². The van der Waals surface area contributed by atoms with E-state index in [0.29, 0.717) is 23.0 Å². The Morgan fingerprint density at radius 1 is 1.32 bits per heavy atom. The third kappa shape index (κ3) is 2.63. The lowest BCUT2D eigenvalue weighted by molar-refractivity contribution is -0.120. The van der Waals surface area contributed by atoms with Crippen LogP contribution in [-0.2, 0) is 4.79 Å². The maximum absolute atomic E-state index is 11.4. The molecule has 1 unspecified atom stereocenters. The highest BCUT2D eigenvalue weighted by atomic mass is 32.1. The lowest BCUT2D eigenvalue weighted by Crippen LogP contribution is -2.54. The van der Waals surface area contributed by atoms with Gasteiger partial charge in [-0.25, -0.2) is 0 Å². The van der Waals surface area contributed by atoms with E-state index < -0.39 is 0 Å². The number of thiocarbonyl (C=S) groups is 1. The Hall–Kier alpha value is -1.82. The van der Waals surface area contributed by atoms with Crippen LogP contribution in [0.3, 0.4) is 0 Å². The van der Waals surface area contributed by atoms with Crippen LogP contribution in [0.2, 0.25) is 0 Å². The number of anilines is 1. The van der Waals surface area contributed by atoms with Crippen LogP contribution in [0.25, 0.3) is 0 Å². The van der Waals surface area contributed by atoms with Gasteiger partial charge in [0, 0.05) is 24.2 Å². The average Bonchev–Trinajstić information content (AvgIpc) is 2.37. The molecule has 19 heavy (non-hydrogen) atoms. The van der Waals surface area contributed by atoms with Gasteiger partial charge in [0.15, 0.2) is 16.6 Å². The molecule has 0 aliphatic carbocycles. The summed E-state index contributed by atoms with van der Waals surface area (Å²) in [6.45, 7) is 1.96. The van der Waals surface area contributed by atoms with E-state index in [4.69, 9.17) is 21.7 Å². The van der Waals surface area contributed by atoms with Gasteiger partial charge < -0.3 is 19.7 Å². The van der Waals surface area contributed by atoms with E-state index in [9.17, 15) is 4.79 Å². The molecule has 5 nitrogen and oxygen atoms in total. The van der Waals surface area contributed by atoms with E-state index in [-0.39, 0.29) is 11.9 Å². The van der Waals surface area contributed by atoms with Crippen LogP contribution in [0.1, 0.15) is 13.3 Å². The molecule has 1 N–H and O–H groups in total. The minimum Gasteiger partial charge on any atom is -0.493 e. The summed E-state index contributed by atoms with van der Waals surface area (Å²) in [6, 6.07) is 5.57. The summed E-state index contributed by atoms with van der Waals surface area (Å²) in [7, 11) is 3.17. The number of carbonyl (C=O) groups excluding carboxylic acids is 1. The van der Waals surface area contributed by atoms with Crippen LogP contribution in [0.5, 0.6) is 11.5 Å². The number of methoxy groups -OCH3 is 2.